The van der Waals surface area contributed by atoms with Gasteiger partial charge in [-0.25, -0.2) is 0 Å². The van der Waals surface area contributed by atoms with Gasteiger partial charge in [0.25, 0.3) is 0 Å². The van der Waals surface area contributed by atoms with Crippen LogP contribution in [-0.4, -0.2) is 18.6 Å². The number of ether oxygens (including phenoxy) is 1. The Balaban J connectivity index is 2.63. The van der Waals surface area contributed by atoms with E-state index < -0.39 is 5.54 Å². The van der Waals surface area contributed by atoms with Crippen LogP contribution in [0.25, 0.3) is 0 Å². The fourth-order valence-electron chi connectivity index (χ4n) is 1.98. The Bertz CT molecular complexity index is 181. The van der Waals surface area contributed by atoms with Gasteiger partial charge in [0.2, 0.25) is 0 Å². The van der Waals surface area contributed by atoms with E-state index in [2.05, 4.69) is 11.7 Å². The Morgan fingerprint density at radius 1 is 1.67 bits per heavy atom. The number of carbonyl (C=O) groups is 1. The highest BCUT2D eigenvalue weighted by Crippen LogP contribution is 2.30. The monoisotopic (exact) mass is 171 g/mol. The third-order valence-electron chi connectivity index (χ3n) is 2.62. The molecule has 0 bridgehead atoms. The molecule has 2 N–H and O–H groups in total. The summed E-state index contributed by atoms with van der Waals surface area (Å²) >= 11 is 0. The number of carbonyl (C=O) groups excluding carboxylic acids is 1. The van der Waals surface area contributed by atoms with Crippen LogP contribution < -0.4 is 5.73 Å². The van der Waals surface area contributed by atoms with Crippen molar-refractivity contribution in [2.24, 2.45) is 11.7 Å². The molecule has 0 aliphatic heterocycles. The zero-order chi connectivity index (χ0) is 9.19. The Labute approximate surface area is 73.3 Å². The summed E-state index contributed by atoms with van der Waals surface area (Å²) in [6.07, 6.45) is 3.74. The summed E-state index contributed by atoms with van der Waals surface area (Å²) in [4.78, 5) is 11.3. The van der Waals surface area contributed by atoms with Gasteiger partial charge in [-0.05, 0) is 18.8 Å². The molecule has 3 nitrogen and oxygen atoms in total. The lowest BCUT2D eigenvalue weighted by Gasteiger charge is -2.33. The zero-order valence-corrected chi connectivity index (χ0v) is 7.80. The second kappa shape index (κ2) is 3.44. The molecule has 0 amide bonds. The fraction of sp³-hybridized carbons (Fsp3) is 0.889. The number of methoxy groups -OCH3 is 1. The van der Waals surface area contributed by atoms with E-state index in [1.54, 1.807) is 0 Å². The molecule has 0 unspecified atom stereocenters. The van der Waals surface area contributed by atoms with E-state index in [-0.39, 0.29) is 5.97 Å². The van der Waals surface area contributed by atoms with Crippen LogP contribution >= 0.6 is 0 Å². The van der Waals surface area contributed by atoms with Gasteiger partial charge >= 0.3 is 5.97 Å². The first-order valence-electron chi connectivity index (χ1n) is 4.46. The Kier molecular flexibility index (Phi) is 2.73. The molecule has 2 atom stereocenters. The first kappa shape index (κ1) is 9.52. The number of esters is 1. The standard InChI is InChI=1S/C9H17NO2/c1-7-4-3-5-9(10,6-7)8(11)12-2/h7H,3-6,10H2,1-2H3/t7-,9+/m1/s1. The van der Waals surface area contributed by atoms with Crippen molar-refractivity contribution in [1.29, 1.82) is 0 Å². The van der Waals surface area contributed by atoms with Crippen molar-refractivity contribution in [2.75, 3.05) is 7.11 Å². The van der Waals surface area contributed by atoms with Crippen molar-refractivity contribution in [1.82, 2.24) is 0 Å². The van der Waals surface area contributed by atoms with Crippen molar-refractivity contribution in [3.63, 3.8) is 0 Å². The van der Waals surface area contributed by atoms with Gasteiger partial charge in [-0.2, -0.15) is 0 Å². The molecule has 1 rings (SSSR count). The molecule has 0 aromatic heterocycles. The summed E-state index contributed by atoms with van der Waals surface area (Å²) in [5, 5.41) is 0. The maximum Gasteiger partial charge on any atom is 0.325 e. The molecular formula is C9H17NO2. The quantitative estimate of drug-likeness (QED) is 0.600. The molecule has 70 valence electrons. The SMILES string of the molecule is COC(=O)[C@]1(N)CCC[C@@H](C)C1. The Morgan fingerprint density at radius 2 is 2.33 bits per heavy atom. The molecule has 1 aliphatic carbocycles. The van der Waals surface area contributed by atoms with E-state index >= 15 is 0 Å². The van der Waals surface area contributed by atoms with Crippen LogP contribution in [0, 0.1) is 5.92 Å². The zero-order valence-electron chi connectivity index (χ0n) is 7.80. The van der Waals surface area contributed by atoms with Crippen LogP contribution in [0.15, 0.2) is 0 Å². The normalized spacial score (nSPS) is 36.1. The van der Waals surface area contributed by atoms with Crippen molar-refractivity contribution >= 4 is 5.97 Å². The number of nitrogens with two attached hydrogens (primary N) is 1. The van der Waals surface area contributed by atoms with E-state index in [9.17, 15) is 4.79 Å². The molecule has 0 aromatic rings. The fourth-order valence-corrected chi connectivity index (χ4v) is 1.98. The molecule has 0 heterocycles. The molecule has 1 saturated carbocycles. The largest absolute Gasteiger partial charge is 0.468 e. The molecule has 0 radical (unpaired) electrons. The van der Waals surface area contributed by atoms with Gasteiger partial charge in [0, 0.05) is 0 Å². The van der Waals surface area contributed by atoms with Gasteiger partial charge < -0.3 is 10.5 Å². The minimum absolute atomic E-state index is 0.256. The molecule has 12 heavy (non-hydrogen) atoms. The average molecular weight is 171 g/mol. The average Bonchev–Trinajstić information content (AvgIpc) is 2.02. The van der Waals surface area contributed by atoms with E-state index in [4.69, 9.17) is 5.73 Å². The van der Waals surface area contributed by atoms with Gasteiger partial charge in [-0.3, -0.25) is 4.79 Å². The van der Waals surface area contributed by atoms with Gasteiger partial charge in [-0.15, -0.1) is 0 Å². The summed E-state index contributed by atoms with van der Waals surface area (Å²) < 4.78 is 4.68. The summed E-state index contributed by atoms with van der Waals surface area (Å²) in [5.41, 5.74) is 5.23. The molecule has 0 spiro atoms. The highest BCUT2D eigenvalue weighted by molar-refractivity contribution is 5.80. The van der Waals surface area contributed by atoms with E-state index in [1.165, 1.54) is 13.5 Å². The molecule has 3 heteroatoms. The minimum atomic E-state index is -0.702. The minimum Gasteiger partial charge on any atom is -0.468 e. The van der Waals surface area contributed by atoms with Crippen LogP contribution in [0.1, 0.15) is 32.6 Å². The van der Waals surface area contributed by atoms with Crippen molar-refractivity contribution in [2.45, 2.75) is 38.1 Å². The first-order chi connectivity index (χ1) is 5.58. The highest BCUT2D eigenvalue weighted by Gasteiger charge is 2.38. The van der Waals surface area contributed by atoms with E-state index in [0.29, 0.717) is 5.92 Å². The van der Waals surface area contributed by atoms with E-state index in [0.717, 1.165) is 19.3 Å². The van der Waals surface area contributed by atoms with Crippen LogP contribution in [-0.2, 0) is 9.53 Å². The van der Waals surface area contributed by atoms with E-state index in [1.807, 2.05) is 0 Å². The number of rotatable bonds is 1. The van der Waals surface area contributed by atoms with Crippen LogP contribution in [0.2, 0.25) is 0 Å². The predicted octanol–water partition coefficient (Wildman–Crippen LogP) is 1.07. The summed E-state index contributed by atoms with van der Waals surface area (Å²) in [7, 11) is 1.40. The summed E-state index contributed by atoms with van der Waals surface area (Å²) in [6, 6.07) is 0. The van der Waals surface area contributed by atoms with Crippen LogP contribution in [0.4, 0.5) is 0 Å². The smallest absolute Gasteiger partial charge is 0.325 e. The van der Waals surface area contributed by atoms with Crippen LogP contribution in [0.5, 0.6) is 0 Å². The lowest BCUT2D eigenvalue weighted by atomic mass is 9.77. The third-order valence-corrected chi connectivity index (χ3v) is 2.62. The highest BCUT2D eigenvalue weighted by atomic mass is 16.5. The first-order valence-corrected chi connectivity index (χ1v) is 4.46. The summed E-state index contributed by atoms with van der Waals surface area (Å²) in [6.45, 7) is 2.13. The third kappa shape index (κ3) is 1.78. The lowest BCUT2D eigenvalue weighted by Crippen LogP contribution is -2.51. The molecule has 0 saturated heterocycles. The predicted molar refractivity (Wildman–Crippen MR) is 46.6 cm³/mol. The second-order valence-corrected chi connectivity index (χ2v) is 3.85. The van der Waals surface area contributed by atoms with Gasteiger partial charge in [0.05, 0.1) is 7.11 Å². The van der Waals surface area contributed by atoms with Crippen molar-refractivity contribution < 1.29 is 9.53 Å². The summed E-state index contributed by atoms with van der Waals surface area (Å²) in [5.74, 6) is 0.289. The van der Waals surface area contributed by atoms with Gasteiger partial charge in [0.15, 0.2) is 0 Å². The molecule has 1 fully saturated rings. The lowest BCUT2D eigenvalue weighted by molar-refractivity contribution is -0.149. The maximum absolute atomic E-state index is 11.3. The maximum atomic E-state index is 11.3. The number of hydrogen-bond donors (Lipinski definition) is 1. The van der Waals surface area contributed by atoms with Gasteiger partial charge in [0.1, 0.15) is 5.54 Å². The van der Waals surface area contributed by atoms with Crippen LogP contribution in [0.3, 0.4) is 0 Å². The Morgan fingerprint density at radius 3 is 2.83 bits per heavy atom. The van der Waals surface area contributed by atoms with Gasteiger partial charge in [-0.1, -0.05) is 19.8 Å². The number of hydrogen-bond acceptors (Lipinski definition) is 3. The molecular weight excluding hydrogens is 154 g/mol. The van der Waals surface area contributed by atoms with Crippen molar-refractivity contribution in [3.8, 4) is 0 Å². The topological polar surface area (TPSA) is 52.3 Å². The van der Waals surface area contributed by atoms with Crippen molar-refractivity contribution in [3.05, 3.63) is 0 Å². The Hall–Kier alpha value is -0.570. The second-order valence-electron chi connectivity index (χ2n) is 3.85. The molecule has 0 aromatic carbocycles. The molecule has 1 aliphatic rings.